The van der Waals surface area contributed by atoms with Gasteiger partial charge in [-0.25, -0.2) is 4.98 Å². The first-order valence-corrected chi connectivity index (χ1v) is 9.40. The number of aromatic nitrogens is 1. The first kappa shape index (κ1) is 15.4. The van der Waals surface area contributed by atoms with Gasteiger partial charge in [-0.05, 0) is 45.6 Å². The predicted octanol–water partition coefficient (Wildman–Crippen LogP) is 4.40. The Balaban J connectivity index is 1.82. The van der Waals surface area contributed by atoms with Crippen LogP contribution >= 0.6 is 11.3 Å². The summed E-state index contributed by atoms with van der Waals surface area (Å²) in [5, 5.41) is 4.55. The van der Waals surface area contributed by atoms with Gasteiger partial charge in [0.1, 0.15) is 11.1 Å². The molecule has 4 heteroatoms. The molecule has 1 atom stereocenters. The van der Waals surface area contributed by atoms with E-state index in [1.165, 1.54) is 60.5 Å². The highest BCUT2D eigenvalue weighted by molar-refractivity contribution is 7.11. The van der Waals surface area contributed by atoms with Crippen molar-refractivity contribution in [2.45, 2.75) is 70.4 Å². The van der Waals surface area contributed by atoms with Gasteiger partial charge in [0.15, 0.2) is 0 Å². The van der Waals surface area contributed by atoms with Crippen LogP contribution in [0.4, 0.5) is 0 Å². The Morgan fingerprint density at radius 2 is 2.00 bits per heavy atom. The van der Waals surface area contributed by atoms with E-state index in [1.807, 2.05) is 18.4 Å². The molecule has 21 heavy (non-hydrogen) atoms. The summed E-state index contributed by atoms with van der Waals surface area (Å²) < 4.78 is 6.14. The van der Waals surface area contributed by atoms with Crippen LogP contribution in [0.1, 0.15) is 79.5 Å². The zero-order valence-corrected chi connectivity index (χ0v) is 14.2. The van der Waals surface area contributed by atoms with Crippen LogP contribution in [0.15, 0.2) is 0 Å². The van der Waals surface area contributed by atoms with Crippen molar-refractivity contribution in [1.29, 1.82) is 0 Å². The Hall–Kier alpha value is -0.450. The molecule has 2 aliphatic rings. The normalized spacial score (nSPS) is 21.6. The molecule has 1 N–H and O–H groups in total. The van der Waals surface area contributed by atoms with Crippen molar-refractivity contribution in [3.8, 4) is 0 Å². The van der Waals surface area contributed by atoms with Crippen LogP contribution in [0.5, 0.6) is 0 Å². The second-order valence-corrected chi connectivity index (χ2v) is 7.55. The molecule has 1 aromatic heterocycles. The average Bonchev–Trinajstić information content (AvgIpc) is 3.28. The molecule has 0 radical (unpaired) electrons. The van der Waals surface area contributed by atoms with Gasteiger partial charge in [0.25, 0.3) is 0 Å². The van der Waals surface area contributed by atoms with E-state index in [-0.39, 0.29) is 6.10 Å². The molecule has 2 fully saturated rings. The zero-order valence-electron chi connectivity index (χ0n) is 13.4. The summed E-state index contributed by atoms with van der Waals surface area (Å²) in [6.45, 7) is 3.85. The lowest BCUT2D eigenvalue weighted by molar-refractivity contribution is 0.00543. The minimum absolute atomic E-state index is 0.239. The lowest BCUT2D eigenvalue weighted by Gasteiger charge is -2.28. The molecule has 0 aliphatic heterocycles. The van der Waals surface area contributed by atoms with E-state index < -0.39 is 0 Å². The monoisotopic (exact) mass is 308 g/mol. The van der Waals surface area contributed by atoms with Crippen LogP contribution in [-0.4, -0.2) is 18.6 Å². The average molecular weight is 308 g/mol. The standard InChI is InChI=1S/C17H28N2OS/c1-3-20-16(13-7-5-4-6-8-13)17-19-15(12-9-10-12)14(21-17)11-18-2/h12-13,16,18H,3-11H2,1-2H3. The summed E-state index contributed by atoms with van der Waals surface area (Å²) in [6, 6.07) is 0. The van der Waals surface area contributed by atoms with Gasteiger partial charge in [-0.2, -0.15) is 0 Å². The third kappa shape index (κ3) is 3.66. The zero-order chi connectivity index (χ0) is 14.7. The minimum atomic E-state index is 0.239. The van der Waals surface area contributed by atoms with E-state index in [0.29, 0.717) is 5.92 Å². The van der Waals surface area contributed by atoms with Gasteiger partial charge >= 0.3 is 0 Å². The lowest BCUT2D eigenvalue weighted by Crippen LogP contribution is -2.19. The Morgan fingerprint density at radius 3 is 2.62 bits per heavy atom. The number of ether oxygens (including phenoxy) is 1. The number of hydrogen-bond acceptors (Lipinski definition) is 4. The van der Waals surface area contributed by atoms with E-state index in [1.54, 1.807) is 0 Å². The fraction of sp³-hybridized carbons (Fsp3) is 0.824. The molecule has 1 aromatic rings. The summed E-state index contributed by atoms with van der Waals surface area (Å²) in [5.41, 5.74) is 1.37. The second-order valence-electron chi connectivity index (χ2n) is 6.44. The maximum absolute atomic E-state index is 6.14. The number of hydrogen-bond donors (Lipinski definition) is 1. The summed E-state index contributed by atoms with van der Waals surface area (Å²) in [4.78, 5) is 6.48. The van der Waals surface area contributed by atoms with Crippen molar-refractivity contribution in [1.82, 2.24) is 10.3 Å². The molecule has 1 unspecified atom stereocenters. The molecular formula is C17H28N2OS. The van der Waals surface area contributed by atoms with Crippen molar-refractivity contribution in [3.63, 3.8) is 0 Å². The van der Waals surface area contributed by atoms with Crippen molar-refractivity contribution in [2.75, 3.05) is 13.7 Å². The van der Waals surface area contributed by atoms with Gasteiger partial charge in [-0.1, -0.05) is 19.3 Å². The van der Waals surface area contributed by atoms with E-state index in [0.717, 1.165) is 19.1 Å². The van der Waals surface area contributed by atoms with E-state index in [4.69, 9.17) is 9.72 Å². The molecule has 1 heterocycles. The van der Waals surface area contributed by atoms with Crippen LogP contribution < -0.4 is 5.32 Å². The summed E-state index contributed by atoms with van der Waals surface area (Å²) in [6.07, 6.45) is 9.62. The Labute approximate surface area is 132 Å². The molecule has 0 saturated heterocycles. The fourth-order valence-electron chi connectivity index (χ4n) is 3.49. The Bertz CT molecular complexity index is 450. The predicted molar refractivity (Wildman–Crippen MR) is 87.8 cm³/mol. The molecule has 0 bridgehead atoms. The third-order valence-electron chi connectivity index (χ3n) is 4.71. The highest BCUT2D eigenvalue weighted by Crippen LogP contribution is 2.45. The smallest absolute Gasteiger partial charge is 0.122 e. The van der Waals surface area contributed by atoms with Gasteiger partial charge in [-0.15, -0.1) is 11.3 Å². The largest absolute Gasteiger partial charge is 0.371 e. The van der Waals surface area contributed by atoms with Crippen LogP contribution in [0.2, 0.25) is 0 Å². The summed E-state index contributed by atoms with van der Waals surface area (Å²) >= 11 is 1.90. The number of rotatable bonds is 7. The van der Waals surface area contributed by atoms with Gasteiger partial charge in [0.05, 0.1) is 5.69 Å². The molecular weight excluding hydrogens is 280 g/mol. The van der Waals surface area contributed by atoms with E-state index in [2.05, 4.69) is 12.2 Å². The van der Waals surface area contributed by atoms with Gasteiger partial charge in [-0.3, -0.25) is 0 Å². The molecule has 118 valence electrons. The Kier molecular flexibility index (Phi) is 5.30. The third-order valence-corrected chi connectivity index (χ3v) is 5.85. The van der Waals surface area contributed by atoms with Crippen LogP contribution in [0.3, 0.4) is 0 Å². The molecule has 2 saturated carbocycles. The lowest BCUT2D eigenvalue weighted by atomic mass is 9.85. The van der Waals surface area contributed by atoms with E-state index in [9.17, 15) is 0 Å². The molecule has 0 spiro atoms. The SMILES string of the molecule is CCOC(c1nc(C2CC2)c(CNC)s1)C1CCCCC1. The summed E-state index contributed by atoms with van der Waals surface area (Å²) in [5.74, 6) is 1.41. The van der Waals surface area contributed by atoms with Crippen molar-refractivity contribution >= 4 is 11.3 Å². The topological polar surface area (TPSA) is 34.1 Å². The van der Waals surface area contributed by atoms with Crippen molar-refractivity contribution < 1.29 is 4.74 Å². The highest BCUT2D eigenvalue weighted by Gasteiger charge is 2.33. The van der Waals surface area contributed by atoms with Crippen LogP contribution in [0.25, 0.3) is 0 Å². The maximum Gasteiger partial charge on any atom is 0.122 e. The number of nitrogens with zero attached hydrogens (tertiary/aromatic N) is 1. The van der Waals surface area contributed by atoms with Gasteiger partial charge in [0, 0.05) is 23.9 Å². The maximum atomic E-state index is 6.14. The van der Waals surface area contributed by atoms with Gasteiger partial charge < -0.3 is 10.1 Å². The Morgan fingerprint density at radius 1 is 1.24 bits per heavy atom. The first-order valence-electron chi connectivity index (χ1n) is 8.59. The minimum Gasteiger partial charge on any atom is -0.371 e. The van der Waals surface area contributed by atoms with Crippen LogP contribution in [0, 0.1) is 5.92 Å². The molecule has 0 amide bonds. The van der Waals surface area contributed by atoms with Crippen molar-refractivity contribution in [3.05, 3.63) is 15.6 Å². The number of nitrogens with one attached hydrogen (secondary N) is 1. The van der Waals surface area contributed by atoms with Crippen molar-refractivity contribution in [2.24, 2.45) is 5.92 Å². The quantitative estimate of drug-likeness (QED) is 0.811. The first-order chi connectivity index (χ1) is 10.3. The number of thiazole rings is 1. The summed E-state index contributed by atoms with van der Waals surface area (Å²) in [7, 11) is 2.03. The second kappa shape index (κ2) is 7.21. The fourth-order valence-corrected chi connectivity index (χ4v) is 4.80. The highest BCUT2D eigenvalue weighted by atomic mass is 32.1. The molecule has 3 nitrogen and oxygen atoms in total. The van der Waals surface area contributed by atoms with E-state index >= 15 is 0 Å². The van der Waals surface area contributed by atoms with Crippen LogP contribution in [-0.2, 0) is 11.3 Å². The van der Waals surface area contributed by atoms with Gasteiger partial charge in [0.2, 0.25) is 0 Å². The molecule has 0 aromatic carbocycles. The molecule has 3 rings (SSSR count). The molecule has 2 aliphatic carbocycles.